The van der Waals surface area contributed by atoms with Crippen LogP contribution in [-0.4, -0.2) is 40.8 Å². The molecular weight excluding hydrogens is 210 g/mol. The number of hydrogen-bond acceptors (Lipinski definition) is 3. The first-order valence-electron chi connectivity index (χ1n) is 5.46. The number of carbonyl (C=O) groups is 2. The molecule has 5 heteroatoms. The molecule has 0 aromatic carbocycles. The van der Waals surface area contributed by atoms with Crippen LogP contribution in [0.3, 0.4) is 0 Å². The highest BCUT2D eigenvalue weighted by Gasteiger charge is 2.66. The van der Waals surface area contributed by atoms with E-state index in [4.69, 9.17) is 9.84 Å². The maximum Gasteiger partial charge on any atom is 0.410 e. The average molecular weight is 227 g/mol. The van der Waals surface area contributed by atoms with E-state index in [0.29, 0.717) is 19.5 Å². The van der Waals surface area contributed by atoms with Crippen LogP contribution >= 0.6 is 0 Å². The predicted molar refractivity (Wildman–Crippen MR) is 56.0 cm³/mol. The summed E-state index contributed by atoms with van der Waals surface area (Å²) >= 11 is 0. The molecule has 1 heterocycles. The number of piperidine rings is 1. The third-order valence-electron chi connectivity index (χ3n) is 3.22. The fraction of sp³-hybridized carbons (Fsp3) is 0.818. The highest BCUT2D eigenvalue weighted by Crippen LogP contribution is 2.57. The summed E-state index contributed by atoms with van der Waals surface area (Å²) in [5.74, 6) is -0.666. The van der Waals surface area contributed by atoms with Crippen molar-refractivity contribution in [1.82, 2.24) is 4.90 Å². The smallest absolute Gasteiger partial charge is 0.410 e. The second-order valence-electron chi connectivity index (χ2n) is 5.72. The topological polar surface area (TPSA) is 66.8 Å². The van der Waals surface area contributed by atoms with Crippen molar-refractivity contribution in [2.75, 3.05) is 13.1 Å². The molecule has 1 N–H and O–H groups in total. The molecule has 0 radical (unpaired) electrons. The summed E-state index contributed by atoms with van der Waals surface area (Å²) in [6.07, 6.45) is 0.294. The fourth-order valence-electron chi connectivity index (χ4n) is 2.28. The molecule has 2 atom stereocenters. The van der Waals surface area contributed by atoms with Crippen LogP contribution in [-0.2, 0) is 9.53 Å². The zero-order chi connectivity index (χ0) is 12.1. The normalized spacial score (nSPS) is 32.2. The van der Waals surface area contributed by atoms with E-state index >= 15 is 0 Å². The molecular formula is C11H17NO4. The van der Waals surface area contributed by atoms with Crippen molar-refractivity contribution >= 4 is 12.1 Å². The van der Waals surface area contributed by atoms with Crippen LogP contribution in [0.5, 0.6) is 0 Å². The van der Waals surface area contributed by atoms with E-state index < -0.39 is 23.1 Å². The van der Waals surface area contributed by atoms with Crippen molar-refractivity contribution in [3.8, 4) is 0 Å². The second kappa shape index (κ2) is 3.12. The largest absolute Gasteiger partial charge is 0.481 e. The van der Waals surface area contributed by atoms with Crippen LogP contribution in [0.25, 0.3) is 0 Å². The highest BCUT2D eigenvalue weighted by atomic mass is 16.6. The van der Waals surface area contributed by atoms with Gasteiger partial charge in [-0.25, -0.2) is 4.79 Å². The summed E-state index contributed by atoms with van der Waals surface area (Å²) in [4.78, 5) is 24.2. The van der Waals surface area contributed by atoms with Gasteiger partial charge in [0.15, 0.2) is 0 Å². The van der Waals surface area contributed by atoms with Gasteiger partial charge in [0.2, 0.25) is 0 Å². The lowest BCUT2D eigenvalue weighted by molar-refractivity contribution is -0.143. The van der Waals surface area contributed by atoms with E-state index in [1.54, 1.807) is 20.8 Å². The monoisotopic (exact) mass is 227 g/mol. The van der Waals surface area contributed by atoms with Gasteiger partial charge in [0.05, 0.1) is 5.41 Å². The van der Waals surface area contributed by atoms with Gasteiger partial charge in [0.1, 0.15) is 5.60 Å². The molecule has 0 aromatic rings. The average Bonchev–Trinajstić information content (AvgIpc) is 2.67. The molecule has 0 bridgehead atoms. The molecule has 0 spiro atoms. The predicted octanol–water partition coefficient (Wildman–Crippen LogP) is 1.33. The van der Waals surface area contributed by atoms with Gasteiger partial charge in [-0.15, -0.1) is 0 Å². The van der Waals surface area contributed by atoms with Gasteiger partial charge in [-0.1, -0.05) is 0 Å². The number of carboxylic acids is 1. The van der Waals surface area contributed by atoms with Gasteiger partial charge in [0.25, 0.3) is 0 Å². The quantitative estimate of drug-likeness (QED) is 0.733. The molecule has 1 saturated heterocycles. The number of carboxylic acid groups (broad SMARTS) is 1. The van der Waals surface area contributed by atoms with E-state index in [-0.39, 0.29) is 5.92 Å². The van der Waals surface area contributed by atoms with Gasteiger partial charge in [-0.05, 0) is 33.1 Å². The number of amides is 1. The number of nitrogens with zero attached hydrogens (tertiary/aromatic N) is 1. The molecule has 1 aliphatic heterocycles. The third kappa shape index (κ3) is 1.74. The van der Waals surface area contributed by atoms with E-state index in [0.717, 1.165) is 0 Å². The molecule has 90 valence electrons. The maximum absolute atomic E-state index is 11.7. The number of hydrogen-bond donors (Lipinski definition) is 1. The minimum atomic E-state index is -0.788. The van der Waals surface area contributed by atoms with Gasteiger partial charge < -0.3 is 14.7 Å². The van der Waals surface area contributed by atoms with Crippen LogP contribution < -0.4 is 0 Å². The number of rotatable bonds is 1. The first-order valence-corrected chi connectivity index (χ1v) is 5.46. The summed E-state index contributed by atoms with van der Waals surface area (Å²) in [6, 6.07) is 0. The zero-order valence-electron chi connectivity index (χ0n) is 9.82. The van der Waals surface area contributed by atoms with Crippen LogP contribution in [0.4, 0.5) is 4.79 Å². The van der Waals surface area contributed by atoms with Gasteiger partial charge in [0, 0.05) is 13.1 Å². The van der Waals surface area contributed by atoms with Crippen molar-refractivity contribution in [3.05, 3.63) is 0 Å². The van der Waals surface area contributed by atoms with E-state index in [1.165, 1.54) is 4.90 Å². The molecule has 1 amide bonds. The Bertz CT molecular complexity index is 346. The van der Waals surface area contributed by atoms with Crippen LogP contribution in [0.2, 0.25) is 0 Å². The number of likely N-dealkylation sites (tertiary alicyclic amines) is 1. The molecule has 16 heavy (non-hydrogen) atoms. The number of carbonyl (C=O) groups excluding carboxylic acids is 1. The maximum atomic E-state index is 11.7. The molecule has 2 fully saturated rings. The van der Waals surface area contributed by atoms with Crippen molar-refractivity contribution in [3.63, 3.8) is 0 Å². The van der Waals surface area contributed by atoms with E-state index in [9.17, 15) is 9.59 Å². The number of fused-ring (bicyclic) bond motifs is 1. The molecule has 1 aliphatic carbocycles. The standard InChI is InChI=1S/C11H17NO4/c1-10(2,3)16-9(15)12-5-7-4-11(7,6-12)8(13)14/h7H,4-6H2,1-3H3,(H,13,14). The Balaban J connectivity index is 1.96. The van der Waals surface area contributed by atoms with Crippen LogP contribution in [0, 0.1) is 11.3 Å². The van der Waals surface area contributed by atoms with E-state index in [2.05, 4.69) is 0 Å². The van der Waals surface area contributed by atoms with Gasteiger partial charge in [-0.2, -0.15) is 0 Å². The lowest BCUT2D eigenvalue weighted by Crippen LogP contribution is -2.38. The Morgan fingerprint density at radius 1 is 1.44 bits per heavy atom. The minimum absolute atomic E-state index is 0.123. The summed E-state index contributed by atoms with van der Waals surface area (Å²) in [6.45, 7) is 6.21. The number of aliphatic carboxylic acids is 1. The van der Waals surface area contributed by atoms with Gasteiger partial charge in [-0.3, -0.25) is 4.79 Å². The zero-order valence-corrected chi connectivity index (χ0v) is 9.82. The Morgan fingerprint density at radius 2 is 2.06 bits per heavy atom. The summed E-state index contributed by atoms with van der Waals surface area (Å²) in [5.41, 5.74) is -1.20. The summed E-state index contributed by atoms with van der Waals surface area (Å²) < 4.78 is 5.21. The Hall–Kier alpha value is -1.26. The minimum Gasteiger partial charge on any atom is -0.481 e. The Morgan fingerprint density at radius 3 is 2.50 bits per heavy atom. The van der Waals surface area contributed by atoms with Crippen molar-refractivity contribution in [1.29, 1.82) is 0 Å². The summed E-state index contributed by atoms with van der Waals surface area (Å²) in [7, 11) is 0. The Kier molecular flexibility index (Phi) is 2.19. The lowest BCUT2D eigenvalue weighted by atomic mass is 10.1. The second-order valence-corrected chi connectivity index (χ2v) is 5.72. The lowest BCUT2D eigenvalue weighted by Gasteiger charge is -2.25. The first-order chi connectivity index (χ1) is 7.24. The number of ether oxygens (including phenoxy) is 1. The molecule has 2 unspecified atom stereocenters. The van der Waals surface area contributed by atoms with Crippen molar-refractivity contribution < 1.29 is 19.4 Å². The third-order valence-corrected chi connectivity index (χ3v) is 3.22. The van der Waals surface area contributed by atoms with Crippen LogP contribution in [0.1, 0.15) is 27.2 Å². The molecule has 1 saturated carbocycles. The van der Waals surface area contributed by atoms with Crippen molar-refractivity contribution in [2.45, 2.75) is 32.8 Å². The Labute approximate surface area is 94.4 Å². The van der Waals surface area contributed by atoms with Crippen LogP contribution in [0.15, 0.2) is 0 Å². The molecule has 2 aliphatic rings. The first kappa shape index (κ1) is 11.2. The summed E-state index contributed by atoms with van der Waals surface area (Å²) in [5, 5.41) is 9.07. The van der Waals surface area contributed by atoms with Crippen molar-refractivity contribution in [2.24, 2.45) is 11.3 Å². The molecule has 2 rings (SSSR count). The molecule has 5 nitrogen and oxygen atoms in total. The van der Waals surface area contributed by atoms with Gasteiger partial charge >= 0.3 is 12.1 Å². The fourth-order valence-corrected chi connectivity index (χ4v) is 2.28. The SMILES string of the molecule is CC(C)(C)OC(=O)N1CC2CC2(C(=O)O)C1. The molecule has 0 aromatic heterocycles. The van der Waals surface area contributed by atoms with E-state index in [1.807, 2.05) is 0 Å². The highest BCUT2D eigenvalue weighted by molar-refractivity contribution is 5.82.